The summed E-state index contributed by atoms with van der Waals surface area (Å²) in [7, 11) is 3.70. The zero-order chi connectivity index (χ0) is 28.5. The molecule has 0 bridgehead atoms. The molecular weight excluding hydrogens is 504 g/mol. The lowest BCUT2D eigenvalue weighted by Gasteiger charge is -2.19. The summed E-state index contributed by atoms with van der Waals surface area (Å²) in [5.41, 5.74) is 4.09. The molecule has 4 rings (SSSR count). The molecule has 4 aromatic rings. The van der Waals surface area contributed by atoms with Gasteiger partial charge in [-0.25, -0.2) is 0 Å². The van der Waals surface area contributed by atoms with E-state index in [1.165, 1.54) is 6.20 Å². The Balaban J connectivity index is 1.36. The number of nitrogens with zero attached hydrogens (tertiary/aromatic N) is 2. The summed E-state index contributed by atoms with van der Waals surface area (Å²) in [6.45, 7) is 5.44. The fourth-order valence-electron chi connectivity index (χ4n) is 4.22. The minimum Gasteiger partial charge on any atom is -0.493 e. The van der Waals surface area contributed by atoms with Gasteiger partial charge in [-0.05, 0) is 80.6 Å². The average molecular weight is 539 g/mol. The van der Waals surface area contributed by atoms with Crippen molar-refractivity contribution >= 4 is 23.2 Å². The highest BCUT2D eigenvalue weighted by atomic mass is 16.5. The molecular formula is C32H34N4O4. The van der Waals surface area contributed by atoms with Crippen LogP contribution in [-0.2, 0) is 13.1 Å². The van der Waals surface area contributed by atoms with E-state index in [2.05, 4.69) is 27.6 Å². The van der Waals surface area contributed by atoms with Crippen LogP contribution < -0.4 is 20.1 Å². The lowest BCUT2D eigenvalue weighted by molar-refractivity contribution is 0.102. The third kappa shape index (κ3) is 7.68. The highest BCUT2D eigenvalue weighted by Gasteiger charge is 2.15. The number of pyridine rings is 1. The number of anilines is 2. The molecule has 2 N–H and O–H groups in total. The molecule has 0 aliphatic rings. The van der Waals surface area contributed by atoms with Crippen LogP contribution in [0.3, 0.4) is 0 Å². The molecule has 0 atom stereocenters. The first kappa shape index (κ1) is 28.3. The van der Waals surface area contributed by atoms with Crippen molar-refractivity contribution in [1.29, 1.82) is 0 Å². The number of hydrogen-bond acceptors (Lipinski definition) is 6. The van der Waals surface area contributed by atoms with Crippen LogP contribution in [-0.4, -0.2) is 42.0 Å². The van der Waals surface area contributed by atoms with Crippen molar-refractivity contribution in [2.24, 2.45) is 0 Å². The minimum absolute atomic E-state index is 0.0555. The lowest BCUT2D eigenvalue weighted by atomic mass is 10.1. The molecule has 206 valence electrons. The van der Waals surface area contributed by atoms with Gasteiger partial charge in [0.05, 0.1) is 30.0 Å². The van der Waals surface area contributed by atoms with Gasteiger partial charge in [-0.2, -0.15) is 0 Å². The van der Waals surface area contributed by atoms with Crippen LogP contribution in [0.4, 0.5) is 11.4 Å². The summed E-state index contributed by atoms with van der Waals surface area (Å²) in [4.78, 5) is 31.8. The SMILES string of the molecule is COc1ccc(CN(C)Cc2ccc(NC(=O)c3ccccc3NC(=O)c3cccnc3)cc2)cc1OC(C)C. The van der Waals surface area contributed by atoms with E-state index in [1.54, 1.807) is 49.7 Å². The summed E-state index contributed by atoms with van der Waals surface area (Å²) < 4.78 is 11.3. The van der Waals surface area contributed by atoms with Crippen LogP contribution in [0.2, 0.25) is 0 Å². The molecule has 1 heterocycles. The number of hydrogen-bond donors (Lipinski definition) is 2. The van der Waals surface area contributed by atoms with Gasteiger partial charge in [0.2, 0.25) is 0 Å². The first-order valence-electron chi connectivity index (χ1n) is 13.0. The van der Waals surface area contributed by atoms with Gasteiger partial charge in [0.25, 0.3) is 11.8 Å². The van der Waals surface area contributed by atoms with Crippen LogP contribution in [0, 0.1) is 0 Å². The molecule has 0 radical (unpaired) electrons. The fraction of sp³-hybridized carbons (Fsp3) is 0.219. The van der Waals surface area contributed by atoms with Gasteiger partial charge in [0.1, 0.15) is 0 Å². The molecule has 3 aromatic carbocycles. The van der Waals surface area contributed by atoms with Crippen molar-refractivity contribution in [2.75, 3.05) is 24.8 Å². The molecule has 2 amide bonds. The number of ether oxygens (including phenoxy) is 2. The second-order valence-corrected chi connectivity index (χ2v) is 9.72. The Morgan fingerprint density at radius 1 is 0.850 bits per heavy atom. The molecule has 0 saturated heterocycles. The van der Waals surface area contributed by atoms with Gasteiger partial charge >= 0.3 is 0 Å². The quantitative estimate of drug-likeness (QED) is 0.243. The van der Waals surface area contributed by atoms with E-state index in [9.17, 15) is 9.59 Å². The Hall–Kier alpha value is -4.69. The predicted octanol–water partition coefficient (Wildman–Crippen LogP) is 6.01. The van der Waals surface area contributed by atoms with Gasteiger partial charge in [-0.1, -0.05) is 30.3 Å². The molecule has 1 aromatic heterocycles. The van der Waals surface area contributed by atoms with E-state index in [0.29, 0.717) is 22.5 Å². The van der Waals surface area contributed by atoms with E-state index in [0.717, 1.165) is 35.7 Å². The van der Waals surface area contributed by atoms with Crippen LogP contribution in [0.1, 0.15) is 45.7 Å². The normalized spacial score (nSPS) is 10.8. The molecule has 8 heteroatoms. The number of rotatable bonds is 11. The smallest absolute Gasteiger partial charge is 0.257 e. The van der Waals surface area contributed by atoms with Crippen LogP contribution in [0.5, 0.6) is 11.5 Å². The first-order valence-corrected chi connectivity index (χ1v) is 13.0. The number of carbonyl (C=O) groups excluding carboxylic acids is 2. The van der Waals surface area contributed by atoms with E-state index in [4.69, 9.17) is 9.47 Å². The van der Waals surface area contributed by atoms with Crippen LogP contribution in [0.25, 0.3) is 0 Å². The van der Waals surface area contributed by atoms with E-state index < -0.39 is 0 Å². The highest BCUT2D eigenvalue weighted by Crippen LogP contribution is 2.29. The Kier molecular flexibility index (Phi) is 9.48. The zero-order valence-electron chi connectivity index (χ0n) is 23.2. The van der Waals surface area contributed by atoms with Gasteiger partial charge in [-0.15, -0.1) is 0 Å². The van der Waals surface area contributed by atoms with Crippen LogP contribution in [0.15, 0.2) is 91.3 Å². The third-order valence-electron chi connectivity index (χ3n) is 6.05. The summed E-state index contributed by atoms with van der Waals surface area (Å²) >= 11 is 0. The Morgan fingerprint density at radius 2 is 1.57 bits per heavy atom. The summed E-state index contributed by atoms with van der Waals surface area (Å²) in [5.74, 6) is 0.809. The van der Waals surface area contributed by atoms with Gasteiger partial charge < -0.3 is 20.1 Å². The standard InChI is InChI=1S/C32H34N4O4/c1-22(2)40-30-18-24(13-16-29(30)39-4)21-36(3)20-23-11-14-26(15-12-23)34-32(38)27-9-5-6-10-28(27)35-31(37)25-8-7-17-33-19-25/h5-19,22H,20-21H2,1-4H3,(H,34,38)(H,35,37). The Morgan fingerprint density at radius 3 is 2.27 bits per heavy atom. The number of carbonyl (C=O) groups is 2. The molecule has 0 aliphatic heterocycles. The molecule has 0 fully saturated rings. The number of para-hydroxylation sites is 1. The number of amides is 2. The molecule has 0 unspecified atom stereocenters. The lowest BCUT2D eigenvalue weighted by Crippen LogP contribution is -2.19. The predicted molar refractivity (Wildman–Crippen MR) is 157 cm³/mol. The molecule has 0 saturated carbocycles. The topological polar surface area (TPSA) is 92.8 Å². The maximum Gasteiger partial charge on any atom is 0.257 e. The second kappa shape index (κ2) is 13.4. The molecule has 8 nitrogen and oxygen atoms in total. The molecule has 0 aliphatic carbocycles. The summed E-state index contributed by atoms with van der Waals surface area (Å²) in [6.07, 6.45) is 3.13. The van der Waals surface area contributed by atoms with E-state index in [1.807, 2.05) is 56.3 Å². The monoisotopic (exact) mass is 538 g/mol. The maximum atomic E-state index is 13.1. The minimum atomic E-state index is -0.333. The van der Waals surface area contributed by atoms with E-state index in [-0.39, 0.29) is 17.9 Å². The van der Waals surface area contributed by atoms with Gasteiger partial charge in [-0.3, -0.25) is 19.5 Å². The van der Waals surface area contributed by atoms with Crippen molar-refractivity contribution in [2.45, 2.75) is 33.0 Å². The van der Waals surface area contributed by atoms with E-state index >= 15 is 0 Å². The molecule has 40 heavy (non-hydrogen) atoms. The van der Waals surface area contributed by atoms with Crippen LogP contribution >= 0.6 is 0 Å². The van der Waals surface area contributed by atoms with Gasteiger partial charge in [0, 0.05) is 31.2 Å². The number of nitrogens with one attached hydrogen (secondary N) is 2. The average Bonchev–Trinajstić information content (AvgIpc) is 2.94. The number of benzene rings is 3. The zero-order valence-corrected chi connectivity index (χ0v) is 23.2. The van der Waals surface area contributed by atoms with Crippen molar-refractivity contribution in [3.63, 3.8) is 0 Å². The number of methoxy groups -OCH3 is 1. The number of aromatic nitrogens is 1. The fourth-order valence-corrected chi connectivity index (χ4v) is 4.22. The third-order valence-corrected chi connectivity index (χ3v) is 6.05. The maximum absolute atomic E-state index is 13.1. The summed E-state index contributed by atoms with van der Waals surface area (Å²) in [5, 5.41) is 5.73. The largest absolute Gasteiger partial charge is 0.493 e. The summed E-state index contributed by atoms with van der Waals surface area (Å²) in [6, 6.07) is 24.0. The highest BCUT2D eigenvalue weighted by molar-refractivity contribution is 6.12. The van der Waals surface area contributed by atoms with Crippen molar-refractivity contribution in [3.8, 4) is 11.5 Å². The Bertz CT molecular complexity index is 1440. The van der Waals surface area contributed by atoms with Gasteiger partial charge in [0.15, 0.2) is 11.5 Å². The Labute approximate surface area is 235 Å². The molecule has 0 spiro atoms. The van der Waals surface area contributed by atoms with Crippen molar-refractivity contribution in [3.05, 3.63) is 114 Å². The first-order chi connectivity index (χ1) is 19.3. The van der Waals surface area contributed by atoms with Crippen molar-refractivity contribution in [1.82, 2.24) is 9.88 Å². The van der Waals surface area contributed by atoms with Crippen molar-refractivity contribution < 1.29 is 19.1 Å². The second-order valence-electron chi connectivity index (χ2n) is 9.72.